The Morgan fingerprint density at radius 2 is 2.04 bits per heavy atom. The summed E-state index contributed by atoms with van der Waals surface area (Å²) in [6, 6.07) is 8.44. The molecule has 1 N–H and O–H groups in total. The highest BCUT2D eigenvalue weighted by Crippen LogP contribution is 2.21. The molecule has 0 aromatic heterocycles. The summed E-state index contributed by atoms with van der Waals surface area (Å²) in [6.45, 7) is 6.99. The molecule has 5 heteroatoms. The van der Waals surface area contributed by atoms with Crippen LogP contribution in [0.5, 0.6) is 0 Å². The van der Waals surface area contributed by atoms with Crippen molar-refractivity contribution in [2.24, 2.45) is 0 Å². The van der Waals surface area contributed by atoms with Crippen molar-refractivity contribution >= 4 is 17.5 Å². The molecule has 0 aliphatic carbocycles. The minimum atomic E-state index is 0.00347. The third kappa shape index (κ3) is 4.03. The maximum absolute atomic E-state index is 12.8. The molecule has 134 valence electrons. The lowest BCUT2D eigenvalue weighted by Gasteiger charge is -2.36. The second kappa shape index (κ2) is 7.72. The lowest BCUT2D eigenvalue weighted by atomic mass is 10.0. The number of aryl methyl sites for hydroxylation is 1. The fourth-order valence-electron chi connectivity index (χ4n) is 3.64. The third-order valence-electron chi connectivity index (χ3n) is 5.14. The van der Waals surface area contributed by atoms with Gasteiger partial charge in [0.1, 0.15) is 0 Å². The van der Waals surface area contributed by atoms with Crippen LogP contribution in [0.2, 0.25) is 0 Å². The minimum absolute atomic E-state index is 0.00347. The van der Waals surface area contributed by atoms with Gasteiger partial charge in [0.25, 0.3) is 0 Å². The average molecular weight is 341 g/mol. The number of amides is 3. The number of hydrogen-bond donors (Lipinski definition) is 1. The van der Waals surface area contributed by atoms with Crippen LogP contribution in [-0.4, -0.2) is 54.0 Å². The number of piperidine rings is 1. The molecule has 0 radical (unpaired) electrons. The number of likely N-dealkylation sites (tertiary alicyclic amines) is 1. The van der Waals surface area contributed by atoms with Crippen molar-refractivity contribution in [3.63, 3.8) is 0 Å². The molecular weight excluding hydrogens is 314 g/mol. The van der Waals surface area contributed by atoms with Gasteiger partial charge in [-0.3, -0.25) is 4.79 Å². The predicted molar refractivity (Wildman–Crippen MR) is 99.2 cm³/mol. The number of allylic oxidation sites excluding steroid dienone is 1. The Morgan fingerprint density at radius 3 is 2.68 bits per heavy atom. The van der Waals surface area contributed by atoms with E-state index in [1.165, 1.54) is 5.56 Å². The van der Waals surface area contributed by atoms with Gasteiger partial charge in [-0.15, -0.1) is 0 Å². The number of rotatable bonds is 4. The maximum Gasteiger partial charge on any atom is 0.317 e. The first-order valence-electron chi connectivity index (χ1n) is 9.19. The molecule has 3 amide bonds. The first-order valence-corrected chi connectivity index (χ1v) is 9.19. The monoisotopic (exact) mass is 341 g/mol. The molecular formula is C20H27N3O2. The SMILES string of the molecule is CC/C(=C/C(=O)N1CCC[C@H](N2CCNC2=O)C1)c1ccc(C)cc1. The maximum atomic E-state index is 12.8. The Bertz CT molecular complexity index is 666. The lowest BCUT2D eigenvalue weighted by molar-refractivity contribution is -0.127. The molecule has 1 aromatic carbocycles. The quantitative estimate of drug-likeness (QED) is 0.856. The van der Waals surface area contributed by atoms with Gasteiger partial charge in [-0.2, -0.15) is 0 Å². The molecule has 3 rings (SSSR count). The molecule has 2 aliphatic rings. The second-order valence-corrected chi connectivity index (χ2v) is 6.89. The topological polar surface area (TPSA) is 52.7 Å². The van der Waals surface area contributed by atoms with Gasteiger partial charge in [0, 0.05) is 32.3 Å². The molecule has 1 atom stereocenters. The van der Waals surface area contributed by atoms with Crippen molar-refractivity contribution in [1.82, 2.24) is 15.1 Å². The van der Waals surface area contributed by atoms with E-state index in [1.54, 1.807) is 6.08 Å². The van der Waals surface area contributed by atoms with Gasteiger partial charge < -0.3 is 15.1 Å². The van der Waals surface area contributed by atoms with Crippen LogP contribution in [0, 0.1) is 6.92 Å². The summed E-state index contributed by atoms with van der Waals surface area (Å²) in [7, 11) is 0. The minimum Gasteiger partial charge on any atom is -0.337 e. The van der Waals surface area contributed by atoms with Gasteiger partial charge in [-0.1, -0.05) is 36.8 Å². The number of hydrogen-bond acceptors (Lipinski definition) is 2. The molecule has 2 heterocycles. The zero-order chi connectivity index (χ0) is 17.8. The number of carbonyl (C=O) groups excluding carboxylic acids is 2. The summed E-state index contributed by atoms with van der Waals surface area (Å²) in [5, 5.41) is 2.85. The van der Waals surface area contributed by atoms with Crippen molar-refractivity contribution in [1.29, 1.82) is 0 Å². The van der Waals surface area contributed by atoms with Crippen LogP contribution < -0.4 is 5.32 Å². The molecule has 0 bridgehead atoms. The Balaban J connectivity index is 1.70. The van der Waals surface area contributed by atoms with Gasteiger partial charge in [0.05, 0.1) is 6.04 Å². The highest BCUT2D eigenvalue weighted by atomic mass is 16.2. The molecule has 0 saturated carbocycles. The van der Waals surface area contributed by atoms with E-state index in [1.807, 2.05) is 9.80 Å². The molecule has 5 nitrogen and oxygen atoms in total. The molecule has 25 heavy (non-hydrogen) atoms. The van der Waals surface area contributed by atoms with Gasteiger partial charge in [-0.05, 0) is 37.3 Å². The van der Waals surface area contributed by atoms with Crippen LogP contribution in [0.1, 0.15) is 37.3 Å². The Kier molecular flexibility index (Phi) is 5.41. The van der Waals surface area contributed by atoms with E-state index in [4.69, 9.17) is 0 Å². The van der Waals surface area contributed by atoms with Crippen molar-refractivity contribution in [2.75, 3.05) is 26.2 Å². The van der Waals surface area contributed by atoms with Crippen LogP contribution in [0.3, 0.4) is 0 Å². The van der Waals surface area contributed by atoms with Crippen LogP contribution in [-0.2, 0) is 4.79 Å². The first kappa shape index (κ1) is 17.5. The zero-order valence-electron chi connectivity index (χ0n) is 15.1. The predicted octanol–water partition coefficient (Wildman–Crippen LogP) is 2.80. The zero-order valence-corrected chi connectivity index (χ0v) is 15.1. The van der Waals surface area contributed by atoms with Gasteiger partial charge in [0.2, 0.25) is 5.91 Å². The largest absolute Gasteiger partial charge is 0.337 e. The third-order valence-corrected chi connectivity index (χ3v) is 5.14. The van der Waals surface area contributed by atoms with Crippen LogP contribution in [0.4, 0.5) is 4.79 Å². The van der Waals surface area contributed by atoms with Crippen molar-refractivity contribution < 1.29 is 9.59 Å². The lowest BCUT2D eigenvalue weighted by Crippen LogP contribution is -2.50. The Morgan fingerprint density at radius 1 is 1.28 bits per heavy atom. The number of nitrogens with one attached hydrogen (secondary N) is 1. The molecule has 2 saturated heterocycles. The fraction of sp³-hybridized carbons (Fsp3) is 0.500. The first-order chi connectivity index (χ1) is 12.1. The van der Waals surface area contributed by atoms with Gasteiger partial charge >= 0.3 is 6.03 Å². The fourth-order valence-corrected chi connectivity index (χ4v) is 3.64. The Hall–Kier alpha value is -2.30. The highest BCUT2D eigenvalue weighted by Gasteiger charge is 2.32. The van der Waals surface area contributed by atoms with Crippen molar-refractivity contribution in [2.45, 2.75) is 39.2 Å². The number of benzene rings is 1. The molecule has 1 aromatic rings. The van der Waals surface area contributed by atoms with Crippen LogP contribution in [0.15, 0.2) is 30.3 Å². The summed E-state index contributed by atoms with van der Waals surface area (Å²) in [5.74, 6) is 0.0572. The van der Waals surface area contributed by atoms with E-state index < -0.39 is 0 Å². The van der Waals surface area contributed by atoms with Gasteiger partial charge in [-0.25, -0.2) is 4.79 Å². The van der Waals surface area contributed by atoms with Gasteiger partial charge in [0.15, 0.2) is 0 Å². The van der Waals surface area contributed by atoms with E-state index in [-0.39, 0.29) is 18.0 Å². The Labute approximate surface area is 149 Å². The van der Waals surface area contributed by atoms with Crippen LogP contribution in [0.25, 0.3) is 5.57 Å². The summed E-state index contributed by atoms with van der Waals surface area (Å²) < 4.78 is 0. The standard InChI is InChI=1S/C20H27N3O2/c1-3-16(17-8-6-15(2)7-9-17)13-19(24)22-11-4-5-18(14-22)23-12-10-21-20(23)25/h6-9,13,18H,3-5,10-12,14H2,1-2H3,(H,21,25)/b16-13-/t18-/m0/s1. The van der Waals surface area contributed by atoms with E-state index in [9.17, 15) is 9.59 Å². The average Bonchev–Trinajstić information content (AvgIpc) is 3.06. The normalized spacial score (nSPS) is 21.4. The highest BCUT2D eigenvalue weighted by molar-refractivity contribution is 5.95. The number of carbonyl (C=O) groups is 2. The summed E-state index contributed by atoms with van der Waals surface area (Å²) in [5.41, 5.74) is 3.38. The number of nitrogens with zero attached hydrogens (tertiary/aromatic N) is 2. The molecule has 0 unspecified atom stereocenters. The molecule has 0 spiro atoms. The van der Waals surface area contributed by atoms with E-state index in [0.717, 1.165) is 43.5 Å². The summed E-state index contributed by atoms with van der Waals surface area (Å²) >= 11 is 0. The second-order valence-electron chi connectivity index (χ2n) is 6.89. The molecule has 2 aliphatic heterocycles. The summed E-state index contributed by atoms with van der Waals surface area (Å²) in [6.07, 6.45) is 4.51. The van der Waals surface area contributed by atoms with E-state index in [0.29, 0.717) is 13.1 Å². The summed E-state index contributed by atoms with van der Waals surface area (Å²) in [4.78, 5) is 28.4. The number of urea groups is 1. The van der Waals surface area contributed by atoms with Crippen LogP contribution >= 0.6 is 0 Å². The smallest absolute Gasteiger partial charge is 0.317 e. The van der Waals surface area contributed by atoms with Crippen molar-refractivity contribution in [3.8, 4) is 0 Å². The van der Waals surface area contributed by atoms with E-state index >= 15 is 0 Å². The van der Waals surface area contributed by atoms with E-state index in [2.05, 4.69) is 43.4 Å². The molecule has 2 fully saturated rings. The van der Waals surface area contributed by atoms with Crippen molar-refractivity contribution in [3.05, 3.63) is 41.5 Å².